The molecule has 0 radical (unpaired) electrons. The fourth-order valence-corrected chi connectivity index (χ4v) is 2.87. The number of likely N-dealkylation sites (N-methyl/N-ethyl adjacent to an activating group) is 1. The molecular formula is C19H23N5O2. The average molecular weight is 353 g/mol. The zero-order valence-corrected chi connectivity index (χ0v) is 15.5. The highest BCUT2D eigenvalue weighted by molar-refractivity contribution is 5.79. The zero-order chi connectivity index (χ0) is 18.7. The SMILES string of the molecule is CC(C)c1nccn1[C@H](C)C(=O)N(C)Cc1cc(-c2ccccn2)no1. The van der Waals surface area contributed by atoms with Crippen molar-refractivity contribution in [1.82, 2.24) is 24.6 Å². The molecule has 0 aromatic carbocycles. The fourth-order valence-electron chi connectivity index (χ4n) is 2.87. The number of carbonyl (C=O) groups is 1. The van der Waals surface area contributed by atoms with Gasteiger partial charge in [-0.3, -0.25) is 9.78 Å². The molecule has 1 atom stereocenters. The first kappa shape index (κ1) is 17.8. The standard InChI is InChI=1S/C19H23N5O2/c1-13(2)18-21-9-10-24(18)14(3)19(25)23(4)12-15-11-17(22-26-15)16-7-5-6-8-20-16/h5-11,13-14H,12H2,1-4H3/t14-/m1/s1. The zero-order valence-electron chi connectivity index (χ0n) is 15.5. The van der Waals surface area contributed by atoms with E-state index in [2.05, 4.69) is 29.0 Å². The molecule has 7 nitrogen and oxygen atoms in total. The lowest BCUT2D eigenvalue weighted by atomic mass is 10.2. The van der Waals surface area contributed by atoms with Gasteiger partial charge in [0.2, 0.25) is 5.91 Å². The molecule has 26 heavy (non-hydrogen) atoms. The second-order valence-electron chi connectivity index (χ2n) is 6.61. The maximum Gasteiger partial charge on any atom is 0.245 e. The summed E-state index contributed by atoms with van der Waals surface area (Å²) in [6.07, 6.45) is 5.28. The lowest BCUT2D eigenvalue weighted by molar-refractivity contribution is -0.133. The van der Waals surface area contributed by atoms with Crippen molar-refractivity contribution in [2.75, 3.05) is 7.05 Å². The molecule has 0 aliphatic carbocycles. The van der Waals surface area contributed by atoms with E-state index in [1.165, 1.54) is 0 Å². The maximum atomic E-state index is 12.8. The third kappa shape index (κ3) is 3.66. The smallest absolute Gasteiger partial charge is 0.245 e. The van der Waals surface area contributed by atoms with Gasteiger partial charge < -0.3 is 14.0 Å². The van der Waals surface area contributed by atoms with Crippen LogP contribution in [0.25, 0.3) is 11.4 Å². The van der Waals surface area contributed by atoms with Gasteiger partial charge in [0, 0.05) is 37.6 Å². The highest BCUT2D eigenvalue weighted by Gasteiger charge is 2.23. The van der Waals surface area contributed by atoms with Crippen molar-refractivity contribution in [2.24, 2.45) is 0 Å². The van der Waals surface area contributed by atoms with E-state index in [0.717, 1.165) is 11.5 Å². The van der Waals surface area contributed by atoms with Crippen LogP contribution in [-0.2, 0) is 11.3 Å². The van der Waals surface area contributed by atoms with Crippen molar-refractivity contribution < 1.29 is 9.32 Å². The molecule has 7 heteroatoms. The van der Waals surface area contributed by atoms with Crippen LogP contribution < -0.4 is 0 Å². The van der Waals surface area contributed by atoms with Gasteiger partial charge in [-0.25, -0.2) is 4.98 Å². The van der Waals surface area contributed by atoms with Crippen LogP contribution in [0, 0.1) is 0 Å². The van der Waals surface area contributed by atoms with Gasteiger partial charge in [0.1, 0.15) is 17.6 Å². The van der Waals surface area contributed by atoms with Crippen LogP contribution in [0.2, 0.25) is 0 Å². The Bertz CT molecular complexity index is 869. The topological polar surface area (TPSA) is 77.1 Å². The molecule has 0 bridgehead atoms. The first-order valence-electron chi connectivity index (χ1n) is 8.62. The first-order chi connectivity index (χ1) is 12.5. The lowest BCUT2D eigenvalue weighted by Gasteiger charge is -2.23. The fraction of sp³-hybridized carbons (Fsp3) is 0.368. The highest BCUT2D eigenvalue weighted by Crippen LogP contribution is 2.21. The van der Waals surface area contributed by atoms with Crippen LogP contribution in [0.5, 0.6) is 0 Å². The number of rotatable bonds is 6. The molecule has 0 aliphatic rings. The van der Waals surface area contributed by atoms with E-state index in [1.807, 2.05) is 42.0 Å². The number of aromatic nitrogens is 4. The second kappa shape index (κ2) is 7.51. The largest absolute Gasteiger partial charge is 0.359 e. The van der Waals surface area contributed by atoms with Gasteiger partial charge in [-0.15, -0.1) is 0 Å². The molecule has 0 saturated heterocycles. The van der Waals surface area contributed by atoms with Crippen molar-refractivity contribution in [1.29, 1.82) is 0 Å². The molecule has 0 saturated carbocycles. The predicted octanol–water partition coefficient (Wildman–Crippen LogP) is 3.28. The van der Waals surface area contributed by atoms with Crippen molar-refractivity contribution in [2.45, 2.75) is 39.3 Å². The maximum absolute atomic E-state index is 12.8. The summed E-state index contributed by atoms with van der Waals surface area (Å²) in [4.78, 5) is 23.0. The molecule has 0 spiro atoms. The molecule has 136 valence electrons. The Morgan fingerprint density at radius 3 is 2.69 bits per heavy atom. The van der Waals surface area contributed by atoms with Crippen LogP contribution in [0.1, 0.15) is 44.3 Å². The van der Waals surface area contributed by atoms with Crippen molar-refractivity contribution >= 4 is 5.91 Å². The van der Waals surface area contributed by atoms with E-state index in [4.69, 9.17) is 4.52 Å². The molecule has 3 aromatic rings. The molecule has 1 amide bonds. The van der Waals surface area contributed by atoms with Crippen LogP contribution in [0.15, 0.2) is 47.4 Å². The van der Waals surface area contributed by atoms with Crippen LogP contribution in [-0.4, -0.2) is 37.5 Å². The van der Waals surface area contributed by atoms with Gasteiger partial charge in [-0.05, 0) is 19.1 Å². The van der Waals surface area contributed by atoms with E-state index in [9.17, 15) is 4.79 Å². The van der Waals surface area contributed by atoms with Crippen molar-refractivity contribution in [3.63, 3.8) is 0 Å². The molecule has 0 unspecified atom stereocenters. The number of amides is 1. The summed E-state index contributed by atoms with van der Waals surface area (Å²) < 4.78 is 7.29. The van der Waals surface area contributed by atoms with Gasteiger partial charge in [0.05, 0.1) is 12.2 Å². The van der Waals surface area contributed by atoms with E-state index in [1.54, 1.807) is 24.3 Å². The van der Waals surface area contributed by atoms with Gasteiger partial charge in [-0.1, -0.05) is 25.1 Å². The minimum Gasteiger partial charge on any atom is -0.359 e. The third-order valence-corrected chi connectivity index (χ3v) is 4.25. The van der Waals surface area contributed by atoms with Crippen LogP contribution in [0.4, 0.5) is 0 Å². The van der Waals surface area contributed by atoms with Gasteiger partial charge in [0.15, 0.2) is 5.76 Å². The first-order valence-corrected chi connectivity index (χ1v) is 8.62. The summed E-state index contributed by atoms with van der Waals surface area (Å²) in [7, 11) is 1.76. The van der Waals surface area contributed by atoms with Crippen molar-refractivity contribution in [3.8, 4) is 11.4 Å². The Hall–Kier alpha value is -2.96. The Morgan fingerprint density at radius 2 is 2.00 bits per heavy atom. The Labute approximate surface area is 152 Å². The number of hydrogen-bond acceptors (Lipinski definition) is 5. The van der Waals surface area contributed by atoms with Gasteiger partial charge in [-0.2, -0.15) is 0 Å². The second-order valence-corrected chi connectivity index (χ2v) is 6.61. The Kier molecular flexibility index (Phi) is 5.16. The molecule has 3 heterocycles. The van der Waals surface area contributed by atoms with Gasteiger partial charge >= 0.3 is 0 Å². The molecule has 0 fully saturated rings. The van der Waals surface area contributed by atoms with E-state index < -0.39 is 0 Å². The summed E-state index contributed by atoms with van der Waals surface area (Å²) in [6, 6.07) is 7.09. The Morgan fingerprint density at radius 1 is 1.19 bits per heavy atom. The normalized spacial score (nSPS) is 12.3. The molecule has 3 rings (SSSR count). The van der Waals surface area contributed by atoms with Crippen molar-refractivity contribution in [3.05, 3.63) is 54.4 Å². The van der Waals surface area contributed by atoms with Crippen LogP contribution in [0.3, 0.4) is 0 Å². The van der Waals surface area contributed by atoms with E-state index in [0.29, 0.717) is 18.0 Å². The quantitative estimate of drug-likeness (QED) is 0.680. The minimum atomic E-state index is -0.335. The number of nitrogens with zero attached hydrogens (tertiary/aromatic N) is 5. The molecule has 0 N–H and O–H groups in total. The predicted molar refractivity (Wildman–Crippen MR) is 97.2 cm³/mol. The number of carbonyl (C=O) groups excluding carboxylic acids is 1. The number of pyridine rings is 1. The van der Waals surface area contributed by atoms with E-state index >= 15 is 0 Å². The average Bonchev–Trinajstić information content (AvgIpc) is 3.30. The van der Waals surface area contributed by atoms with Gasteiger partial charge in [0.25, 0.3) is 0 Å². The minimum absolute atomic E-state index is 0.0133. The number of hydrogen-bond donors (Lipinski definition) is 0. The summed E-state index contributed by atoms with van der Waals surface area (Å²) in [6.45, 7) is 6.35. The molecule has 0 aliphatic heterocycles. The van der Waals surface area contributed by atoms with Crippen LogP contribution >= 0.6 is 0 Å². The lowest BCUT2D eigenvalue weighted by Crippen LogP contribution is -2.33. The highest BCUT2D eigenvalue weighted by atomic mass is 16.5. The summed E-state index contributed by atoms with van der Waals surface area (Å²) >= 11 is 0. The number of imidazole rings is 1. The summed E-state index contributed by atoms with van der Waals surface area (Å²) in [5.74, 6) is 1.75. The van der Waals surface area contributed by atoms with E-state index in [-0.39, 0.29) is 17.9 Å². The Balaban J connectivity index is 1.70. The monoisotopic (exact) mass is 353 g/mol. The third-order valence-electron chi connectivity index (χ3n) is 4.25. The summed E-state index contributed by atoms with van der Waals surface area (Å²) in [5, 5.41) is 4.04. The molecular weight excluding hydrogens is 330 g/mol. The molecule has 3 aromatic heterocycles. The summed E-state index contributed by atoms with van der Waals surface area (Å²) in [5.41, 5.74) is 1.40.